The summed E-state index contributed by atoms with van der Waals surface area (Å²) in [5.41, 5.74) is 9.59. The van der Waals surface area contributed by atoms with Gasteiger partial charge in [-0.05, 0) is 107 Å². The Morgan fingerprint density at radius 1 is 0.467 bits per heavy atom. The second-order valence-electron chi connectivity index (χ2n) is 21.5. The summed E-state index contributed by atoms with van der Waals surface area (Å²) >= 11 is 3.36. The highest BCUT2D eigenvalue weighted by molar-refractivity contribution is 7.16. The van der Waals surface area contributed by atoms with E-state index in [1.807, 2.05) is 41.8 Å². The van der Waals surface area contributed by atoms with E-state index < -0.39 is 0 Å². The fraction of sp³-hybridized carbons (Fsp3) is 0.536. The molecule has 6 heteroatoms. The third-order valence-corrected chi connectivity index (χ3v) is 17.5. The number of benzene rings is 3. The molecule has 0 atom stereocenters. The van der Waals surface area contributed by atoms with Gasteiger partial charge in [-0.2, -0.15) is 10.5 Å². The molecule has 0 bridgehead atoms. The van der Waals surface area contributed by atoms with Crippen LogP contribution in [-0.2, 0) is 5.41 Å². The van der Waals surface area contributed by atoms with Crippen molar-refractivity contribution in [1.82, 2.24) is 0 Å². The summed E-state index contributed by atoms with van der Waals surface area (Å²) < 4.78 is 13.4. The van der Waals surface area contributed by atoms with Crippen LogP contribution in [0.25, 0.3) is 44.9 Å². The van der Waals surface area contributed by atoms with Crippen LogP contribution in [0.15, 0.2) is 84.2 Å². The van der Waals surface area contributed by atoms with E-state index in [2.05, 4.69) is 94.4 Å². The van der Waals surface area contributed by atoms with E-state index >= 15 is 0 Å². The Morgan fingerprint density at radius 3 is 1.43 bits per heavy atom. The topological polar surface area (TPSA) is 66.0 Å². The molecule has 1 aliphatic rings. The van der Waals surface area contributed by atoms with Crippen LogP contribution >= 0.6 is 22.7 Å². The standard InChI is InChI=1S/C69H92N2O2S2/c1-5-9-13-17-21-23-27-33-45-72-66-52-63(67(73-46-34-28-24-22-18-14-10-6-2)51-62(66)56(53-70)48-58-36-35-47-74-58)57(54-71)49-59-40-42-68(75-59)55-39-41-61-60-37-29-30-38-64(60)69(65(61)50-55,43-31-25-19-15-11-7-3)44-32-26-20-16-12-8-4/h29-30,35-42,47-52H,5-28,31-34,43-46H2,1-4H3/b56-48+,57-49-. The number of fused-ring (bicyclic) bond motifs is 3. The summed E-state index contributed by atoms with van der Waals surface area (Å²) in [6, 6.07) is 34.1. The van der Waals surface area contributed by atoms with Crippen LogP contribution in [0.1, 0.15) is 252 Å². The molecule has 5 aromatic rings. The molecule has 6 rings (SSSR count). The maximum atomic E-state index is 11.1. The normalized spacial score (nSPS) is 12.9. The van der Waals surface area contributed by atoms with Crippen molar-refractivity contribution in [2.75, 3.05) is 13.2 Å². The predicted molar refractivity (Wildman–Crippen MR) is 326 cm³/mol. The predicted octanol–water partition coefficient (Wildman–Crippen LogP) is 22.4. The number of nitrogens with zero attached hydrogens (tertiary/aromatic N) is 2. The lowest BCUT2D eigenvalue weighted by Gasteiger charge is -2.33. The Hall–Kier alpha value is -4.88. The van der Waals surface area contributed by atoms with Crippen molar-refractivity contribution in [1.29, 1.82) is 10.5 Å². The van der Waals surface area contributed by atoms with E-state index in [4.69, 9.17) is 9.47 Å². The summed E-state index contributed by atoms with van der Waals surface area (Å²) in [7, 11) is 0. The number of ether oxygens (including phenoxy) is 2. The minimum atomic E-state index is 0.0149. The highest BCUT2D eigenvalue weighted by atomic mass is 32.1. The molecule has 4 nitrogen and oxygen atoms in total. The van der Waals surface area contributed by atoms with E-state index in [1.165, 1.54) is 200 Å². The molecule has 0 amide bonds. The molecule has 2 aromatic heterocycles. The lowest BCUT2D eigenvalue weighted by molar-refractivity contribution is 0.295. The van der Waals surface area contributed by atoms with Crippen LogP contribution in [-0.4, -0.2) is 13.2 Å². The summed E-state index contributed by atoms with van der Waals surface area (Å²) in [5, 5.41) is 23.8. The van der Waals surface area contributed by atoms with Gasteiger partial charge in [0.2, 0.25) is 0 Å². The first kappa shape index (κ1) is 59.4. The molecule has 0 radical (unpaired) electrons. The van der Waals surface area contributed by atoms with Crippen molar-refractivity contribution < 1.29 is 9.47 Å². The van der Waals surface area contributed by atoms with Crippen molar-refractivity contribution in [3.8, 4) is 45.2 Å². The first-order valence-electron chi connectivity index (χ1n) is 30.1. The van der Waals surface area contributed by atoms with Gasteiger partial charge in [-0.3, -0.25) is 0 Å². The zero-order valence-corrected chi connectivity index (χ0v) is 48.5. The average Bonchev–Trinajstić information content (AvgIpc) is 4.23. The van der Waals surface area contributed by atoms with Gasteiger partial charge < -0.3 is 9.47 Å². The Labute approximate surface area is 463 Å². The second kappa shape index (κ2) is 34.0. The number of nitriles is 2. The fourth-order valence-corrected chi connectivity index (χ4v) is 12.9. The molecule has 0 spiro atoms. The molecular formula is C69H92N2O2S2. The van der Waals surface area contributed by atoms with E-state index in [0.717, 1.165) is 35.4 Å². The van der Waals surface area contributed by atoms with Gasteiger partial charge >= 0.3 is 0 Å². The van der Waals surface area contributed by atoms with Gasteiger partial charge in [-0.15, -0.1) is 22.7 Å². The van der Waals surface area contributed by atoms with Gasteiger partial charge in [0.1, 0.15) is 11.5 Å². The number of hydrogen-bond acceptors (Lipinski definition) is 6. The zero-order chi connectivity index (χ0) is 52.8. The van der Waals surface area contributed by atoms with Crippen molar-refractivity contribution >= 4 is 46.0 Å². The van der Waals surface area contributed by atoms with E-state index in [-0.39, 0.29) is 5.41 Å². The third kappa shape index (κ3) is 18.1. The van der Waals surface area contributed by atoms with Gasteiger partial charge in [0.05, 0.1) is 36.5 Å². The molecule has 402 valence electrons. The van der Waals surface area contributed by atoms with E-state index in [1.54, 1.807) is 22.7 Å². The summed E-state index contributed by atoms with van der Waals surface area (Å²) in [4.78, 5) is 3.23. The molecule has 75 heavy (non-hydrogen) atoms. The van der Waals surface area contributed by atoms with Crippen molar-refractivity contribution in [2.45, 2.75) is 226 Å². The number of allylic oxidation sites excluding steroid dienone is 2. The highest BCUT2D eigenvalue weighted by Crippen LogP contribution is 2.55. The van der Waals surface area contributed by atoms with Gasteiger partial charge in [-0.25, -0.2) is 0 Å². The average molecular weight is 1050 g/mol. The Morgan fingerprint density at radius 2 is 0.933 bits per heavy atom. The second-order valence-corrected chi connectivity index (χ2v) is 23.6. The Kier molecular flexibility index (Phi) is 26.9. The smallest absolute Gasteiger partial charge is 0.128 e. The largest absolute Gasteiger partial charge is 0.493 e. The molecule has 2 heterocycles. The summed E-state index contributed by atoms with van der Waals surface area (Å²) in [6.45, 7) is 10.2. The summed E-state index contributed by atoms with van der Waals surface area (Å²) in [5.74, 6) is 1.24. The van der Waals surface area contributed by atoms with Gasteiger partial charge in [0.15, 0.2) is 0 Å². The maximum absolute atomic E-state index is 11.1. The lowest BCUT2D eigenvalue weighted by atomic mass is 9.70. The molecule has 0 unspecified atom stereocenters. The van der Waals surface area contributed by atoms with Gasteiger partial charge in [0, 0.05) is 31.2 Å². The van der Waals surface area contributed by atoms with E-state index in [9.17, 15) is 10.5 Å². The van der Waals surface area contributed by atoms with Crippen molar-refractivity contribution in [3.05, 3.63) is 116 Å². The van der Waals surface area contributed by atoms with E-state index in [0.29, 0.717) is 47.0 Å². The minimum Gasteiger partial charge on any atom is -0.493 e. The Bertz CT molecular complexity index is 2550. The molecule has 0 saturated carbocycles. The minimum absolute atomic E-state index is 0.0149. The maximum Gasteiger partial charge on any atom is 0.128 e. The van der Waals surface area contributed by atoms with Crippen LogP contribution in [0, 0.1) is 22.7 Å². The molecule has 0 aliphatic heterocycles. The highest BCUT2D eigenvalue weighted by Gasteiger charge is 2.42. The van der Waals surface area contributed by atoms with Crippen molar-refractivity contribution in [3.63, 3.8) is 0 Å². The number of rotatable bonds is 39. The third-order valence-electron chi connectivity index (χ3n) is 15.6. The number of hydrogen-bond donors (Lipinski definition) is 0. The number of unbranched alkanes of at least 4 members (excludes halogenated alkanes) is 24. The summed E-state index contributed by atoms with van der Waals surface area (Å²) in [6.07, 6.45) is 41.3. The Balaban J connectivity index is 1.32. The molecule has 0 N–H and O–H groups in total. The molecule has 1 aliphatic carbocycles. The fourth-order valence-electron chi connectivity index (χ4n) is 11.3. The first-order valence-corrected chi connectivity index (χ1v) is 31.8. The first-order chi connectivity index (χ1) is 37.0. The SMILES string of the molecule is CCCCCCCCCCOc1cc(/C(C#N)=C\c2ccc(-c3ccc4c(c3)C(CCCCCCCC)(CCCCCCCC)c3ccccc3-4)s2)c(OCCCCCCCCCC)cc1/C(C#N)=C/c1cccs1. The molecular weight excluding hydrogens is 953 g/mol. The van der Waals surface area contributed by atoms with Crippen LogP contribution in [0.3, 0.4) is 0 Å². The van der Waals surface area contributed by atoms with Crippen LogP contribution in [0.5, 0.6) is 11.5 Å². The van der Waals surface area contributed by atoms with Gasteiger partial charge in [-0.1, -0.05) is 237 Å². The zero-order valence-electron chi connectivity index (χ0n) is 46.9. The van der Waals surface area contributed by atoms with Crippen LogP contribution < -0.4 is 9.47 Å². The number of thiophene rings is 2. The molecule has 3 aromatic carbocycles. The van der Waals surface area contributed by atoms with Gasteiger partial charge in [0.25, 0.3) is 0 Å². The van der Waals surface area contributed by atoms with Crippen LogP contribution in [0.2, 0.25) is 0 Å². The van der Waals surface area contributed by atoms with Crippen molar-refractivity contribution in [2.24, 2.45) is 0 Å². The lowest BCUT2D eigenvalue weighted by Crippen LogP contribution is -2.25. The molecule has 0 saturated heterocycles. The monoisotopic (exact) mass is 1040 g/mol. The quantitative estimate of drug-likeness (QED) is 0.0291. The molecule has 0 fully saturated rings. The van der Waals surface area contributed by atoms with Crippen LogP contribution in [0.4, 0.5) is 0 Å².